The van der Waals surface area contributed by atoms with Crippen molar-refractivity contribution in [1.82, 2.24) is 4.90 Å². The molecule has 0 saturated heterocycles. The number of amides is 1. The van der Waals surface area contributed by atoms with Crippen molar-refractivity contribution in [3.05, 3.63) is 22.2 Å². The zero-order chi connectivity index (χ0) is 16.0. The molecule has 1 unspecified atom stereocenters. The van der Waals surface area contributed by atoms with Crippen LogP contribution in [0.2, 0.25) is 0 Å². The van der Waals surface area contributed by atoms with Crippen molar-refractivity contribution in [2.24, 2.45) is 0 Å². The van der Waals surface area contributed by atoms with Gasteiger partial charge >= 0.3 is 0 Å². The van der Waals surface area contributed by atoms with Gasteiger partial charge in [-0.25, -0.2) is 0 Å². The molecule has 1 atom stereocenters. The Kier molecular flexibility index (Phi) is 6.94. The van der Waals surface area contributed by atoms with Crippen LogP contribution in [-0.4, -0.2) is 63.5 Å². The minimum atomic E-state index is -0.746. The molecule has 6 nitrogen and oxygen atoms in total. The molecule has 1 N–H and O–H groups in total. The molecule has 0 radical (unpaired) electrons. The lowest BCUT2D eigenvalue weighted by molar-refractivity contribution is 0.0379. The fraction of sp³-hybridized carbons (Fsp3) is 0.500. The minimum absolute atomic E-state index is 0.157. The molecule has 1 rings (SSSR count). The Balaban J connectivity index is 3.02. The summed E-state index contributed by atoms with van der Waals surface area (Å²) < 4.78 is 15.9. The van der Waals surface area contributed by atoms with E-state index < -0.39 is 6.10 Å². The van der Waals surface area contributed by atoms with E-state index in [9.17, 15) is 9.90 Å². The first-order valence-electron chi connectivity index (χ1n) is 6.28. The molecule has 0 aliphatic carbocycles. The average Bonchev–Trinajstić information content (AvgIpc) is 2.45. The van der Waals surface area contributed by atoms with Crippen molar-refractivity contribution in [3.8, 4) is 11.5 Å². The van der Waals surface area contributed by atoms with E-state index in [2.05, 4.69) is 15.9 Å². The van der Waals surface area contributed by atoms with E-state index in [-0.39, 0.29) is 19.1 Å². The van der Waals surface area contributed by atoms with E-state index in [0.29, 0.717) is 21.5 Å². The number of carbonyl (C=O) groups excluding carboxylic acids is 1. The molecule has 0 bridgehead atoms. The molecular formula is C14H20BrNO5. The quantitative estimate of drug-likeness (QED) is 0.797. The minimum Gasteiger partial charge on any atom is -0.497 e. The summed E-state index contributed by atoms with van der Waals surface area (Å²) in [6.07, 6.45) is -0.746. The Labute approximate surface area is 132 Å². The summed E-state index contributed by atoms with van der Waals surface area (Å²) >= 11 is 3.35. The number of aliphatic hydroxyl groups excluding tert-OH is 1. The Hall–Kier alpha value is -1.31. The third-order valence-corrected chi connectivity index (χ3v) is 3.47. The van der Waals surface area contributed by atoms with Crippen LogP contribution in [0.5, 0.6) is 11.5 Å². The topological polar surface area (TPSA) is 68.2 Å². The fourth-order valence-electron chi connectivity index (χ4n) is 1.90. The number of hydrogen-bond acceptors (Lipinski definition) is 5. The van der Waals surface area contributed by atoms with E-state index in [0.717, 1.165) is 0 Å². The van der Waals surface area contributed by atoms with E-state index in [1.54, 1.807) is 19.2 Å². The Morgan fingerprint density at radius 1 is 1.33 bits per heavy atom. The summed E-state index contributed by atoms with van der Waals surface area (Å²) in [6, 6.07) is 3.32. The van der Waals surface area contributed by atoms with Gasteiger partial charge in [-0.1, -0.05) is 0 Å². The van der Waals surface area contributed by atoms with Gasteiger partial charge in [-0.05, 0) is 28.1 Å². The highest BCUT2D eigenvalue weighted by atomic mass is 79.9. The first-order valence-corrected chi connectivity index (χ1v) is 7.07. The Morgan fingerprint density at radius 2 is 2.00 bits per heavy atom. The lowest BCUT2D eigenvalue weighted by atomic mass is 10.1. The van der Waals surface area contributed by atoms with Crippen LogP contribution >= 0.6 is 15.9 Å². The van der Waals surface area contributed by atoms with Crippen LogP contribution in [0.4, 0.5) is 0 Å². The maximum atomic E-state index is 12.5. The monoisotopic (exact) mass is 361 g/mol. The molecule has 0 heterocycles. The highest BCUT2D eigenvalue weighted by Crippen LogP contribution is 2.34. The molecule has 1 amide bonds. The Morgan fingerprint density at radius 3 is 2.52 bits per heavy atom. The molecule has 0 aliphatic heterocycles. The highest BCUT2D eigenvalue weighted by molar-refractivity contribution is 9.10. The van der Waals surface area contributed by atoms with Gasteiger partial charge in [0.2, 0.25) is 0 Å². The van der Waals surface area contributed by atoms with Crippen molar-refractivity contribution in [3.63, 3.8) is 0 Å². The first kappa shape index (κ1) is 17.7. The van der Waals surface area contributed by atoms with Gasteiger partial charge in [0.15, 0.2) is 0 Å². The summed E-state index contributed by atoms with van der Waals surface area (Å²) in [5, 5.41) is 9.71. The van der Waals surface area contributed by atoms with E-state index in [1.807, 2.05) is 0 Å². The Bertz CT molecular complexity index is 494. The van der Waals surface area contributed by atoms with Gasteiger partial charge < -0.3 is 24.2 Å². The summed E-state index contributed by atoms with van der Waals surface area (Å²) in [6.45, 7) is 0.321. The third-order valence-electron chi connectivity index (χ3n) is 2.88. The largest absolute Gasteiger partial charge is 0.497 e. The molecule has 7 heteroatoms. The summed E-state index contributed by atoms with van der Waals surface area (Å²) in [5.74, 6) is 0.687. The summed E-state index contributed by atoms with van der Waals surface area (Å²) in [5.41, 5.74) is 0.357. The zero-order valence-electron chi connectivity index (χ0n) is 12.6. The second kappa shape index (κ2) is 8.21. The van der Waals surface area contributed by atoms with Gasteiger partial charge in [-0.15, -0.1) is 0 Å². The van der Waals surface area contributed by atoms with Crippen molar-refractivity contribution in [2.75, 3.05) is 41.5 Å². The number of rotatable bonds is 7. The number of likely N-dealkylation sites (N-methyl/N-ethyl adjacent to an activating group) is 1. The number of hydrogen-bond donors (Lipinski definition) is 1. The first-order chi connectivity index (χ1) is 9.94. The number of nitrogens with zero attached hydrogens (tertiary/aromatic N) is 1. The highest BCUT2D eigenvalue weighted by Gasteiger charge is 2.22. The van der Waals surface area contributed by atoms with Gasteiger partial charge in [-0.2, -0.15) is 0 Å². The van der Waals surface area contributed by atoms with Crippen molar-refractivity contribution >= 4 is 21.8 Å². The number of carbonyl (C=O) groups is 1. The molecule has 0 fully saturated rings. The van der Waals surface area contributed by atoms with Gasteiger partial charge in [0.1, 0.15) is 11.5 Å². The smallest absolute Gasteiger partial charge is 0.257 e. The van der Waals surface area contributed by atoms with Crippen LogP contribution < -0.4 is 9.47 Å². The van der Waals surface area contributed by atoms with Gasteiger partial charge in [-0.3, -0.25) is 4.79 Å². The predicted octanol–water partition coefficient (Wildman–Crippen LogP) is 1.55. The van der Waals surface area contributed by atoms with Gasteiger partial charge in [0, 0.05) is 20.7 Å². The van der Waals surface area contributed by atoms with Crippen LogP contribution in [0.15, 0.2) is 16.6 Å². The second-order valence-electron chi connectivity index (χ2n) is 4.48. The van der Waals surface area contributed by atoms with Crippen LogP contribution in [0.25, 0.3) is 0 Å². The molecule has 0 spiro atoms. The van der Waals surface area contributed by atoms with Gasteiger partial charge in [0.05, 0.1) is 37.0 Å². The lowest BCUT2D eigenvalue weighted by Crippen LogP contribution is -2.36. The average molecular weight is 362 g/mol. The molecule has 1 aromatic rings. The SMILES string of the molecule is COCC(O)CN(C)C(=O)c1cc(OC)cc(Br)c1OC. The van der Waals surface area contributed by atoms with Crippen molar-refractivity contribution in [1.29, 1.82) is 0 Å². The van der Waals surface area contributed by atoms with Crippen LogP contribution in [-0.2, 0) is 4.74 Å². The molecular weight excluding hydrogens is 342 g/mol. The number of benzene rings is 1. The molecule has 0 aromatic heterocycles. The standard InChI is InChI=1S/C14H20BrNO5/c1-16(7-9(17)8-19-2)14(18)11-5-10(20-3)6-12(15)13(11)21-4/h5-6,9,17H,7-8H2,1-4H3. The molecule has 118 valence electrons. The number of aliphatic hydroxyl groups is 1. The zero-order valence-corrected chi connectivity index (χ0v) is 14.1. The second-order valence-corrected chi connectivity index (χ2v) is 5.34. The molecule has 0 aliphatic rings. The maximum absolute atomic E-state index is 12.5. The van der Waals surface area contributed by atoms with Crippen molar-refractivity contribution < 1.29 is 24.1 Å². The third kappa shape index (κ3) is 4.59. The van der Waals surface area contributed by atoms with E-state index in [1.165, 1.54) is 26.2 Å². The number of halogens is 1. The fourth-order valence-corrected chi connectivity index (χ4v) is 2.50. The summed E-state index contributed by atoms with van der Waals surface area (Å²) in [4.78, 5) is 13.9. The van der Waals surface area contributed by atoms with Crippen LogP contribution in [0, 0.1) is 0 Å². The van der Waals surface area contributed by atoms with E-state index in [4.69, 9.17) is 14.2 Å². The molecule has 1 aromatic carbocycles. The number of methoxy groups -OCH3 is 3. The molecule has 21 heavy (non-hydrogen) atoms. The lowest BCUT2D eigenvalue weighted by Gasteiger charge is -2.22. The molecule has 0 saturated carbocycles. The number of ether oxygens (including phenoxy) is 3. The normalized spacial score (nSPS) is 11.9. The van der Waals surface area contributed by atoms with E-state index >= 15 is 0 Å². The van der Waals surface area contributed by atoms with Crippen LogP contribution in [0.3, 0.4) is 0 Å². The van der Waals surface area contributed by atoms with Crippen molar-refractivity contribution in [2.45, 2.75) is 6.10 Å². The van der Waals surface area contributed by atoms with Crippen LogP contribution in [0.1, 0.15) is 10.4 Å². The maximum Gasteiger partial charge on any atom is 0.257 e. The summed E-state index contributed by atoms with van der Waals surface area (Å²) in [7, 11) is 6.11. The predicted molar refractivity (Wildman–Crippen MR) is 82.1 cm³/mol. The van der Waals surface area contributed by atoms with Gasteiger partial charge in [0.25, 0.3) is 5.91 Å².